The topological polar surface area (TPSA) is 26.0 Å². The molecule has 0 aliphatic heterocycles. The normalized spacial score (nSPS) is 43.5. The lowest BCUT2D eigenvalue weighted by atomic mass is 9.69. The lowest BCUT2D eigenvalue weighted by Crippen LogP contribution is -2.44. The van der Waals surface area contributed by atoms with Crippen LogP contribution in [0.15, 0.2) is 0 Å². The molecule has 72 valence electrons. The van der Waals surface area contributed by atoms with Gasteiger partial charge in [-0.3, -0.25) is 0 Å². The summed E-state index contributed by atoms with van der Waals surface area (Å²) in [6, 6.07) is 0. The van der Waals surface area contributed by atoms with Crippen molar-refractivity contribution in [1.29, 1.82) is 0 Å². The summed E-state index contributed by atoms with van der Waals surface area (Å²) in [7, 11) is 0. The first-order chi connectivity index (χ1) is 5.41. The van der Waals surface area contributed by atoms with Crippen LogP contribution in [0.3, 0.4) is 0 Å². The Balaban J connectivity index is 2.58. The molecule has 1 aliphatic carbocycles. The number of hydrogen-bond donors (Lipinski definition) is 1. The van der Waals surface area contributed by atoms with Crippen molar-refractivity contribution in [3.05, 3.63) is 0 Å². The summed E-state index contributed by atoms with van der Waals surface area (Å²) in [5, 5.41) is 0. The maximum Gasteiger partial charge on any atom is 0.0131 e. The molecule has 2 N–H and O–H groups in total. The Labute approximate surface area is 76.7 Å². The summed E-state index contributed by atoms with van der Waals surface area (Å²) in [5.41, 5.74) is 6.30. The van der Waals surface area contributed by atoms with Crippen LogP contribution in [0.5, 0.6) is 0 Å². The molecule has 1 heteroatoms. The van der Waals surface area contributed by atoms with E-state index in [9.17, 15) is 0 Å². The molecule has 0 aromatic heterocycles. The monoisotopic (exact) mass is 169 g/mol. The van der Waals surface area contributed by atoms with Crippen LogP contribution in [0.2, 0.25) is 0 Å². The predicted octanol–water partition coefficient (Wildman–Crippen LogP) is 2.80. The van der Waals surface area contributed by atoms with Gasteiger partial charge in [-0.1, -0.05) is 20.8 Å². The van der Waals surface area contributed by atoms with Gasteiger partial charge in [-0.25, -0.2) is 0 Å². The molecule has 1 fully saturated rings. The second-order valence-corrected chi connectivity index (χ2v) is 5.41. The first-order valence-corrected chi connectivity index (χ1v) is 5.19. The zero-order valence-corrected chi connectivity index (χ0v) is 8.93. The van der Waals surface area contributed by atoms with E-state index in [-0.39, 0.29) is 5.54 Å². The molecule has 1 unspecified atom stereocenters. The Morgan fingerprint density at radius 1 is 1.33 bits per heavy atom. The lowest BCUT2D eigenvalue weighted by Gasteiger charge is -2.40. The molecule has 1 rings (SSSR count). The van der Waals surface area contributed by atoms with Crippen LogP contribution in [0.1, 0.15) is 47.0 Å². The standard InChI is InChI=1S/C11H23N/c1-8(2)10-5-9(3)6-11(4,12)7-10/h8-10H,5-7,12H2,1-4H3/t9?,10-,11+/m1/s1. The van der Waals surface area contributed by atoms with E-state index in [1.165, 1.54) is 19.3 Å². The Hall–Kier alpha value is -0.0400. The number of rotatable bonds is 1. The molecule has 0 aromatic carbocycles. The van der Waals surface area contributed by atoms with Crippen LogP contribution in [0.25, 0.3) is 0 Å². The van der Waals surface area contributed by atoms with E-state index in [1.54, 1.807) is 0 Å². The minimum absolute atomic E-state index is 0.104. The van der Waals surface area contributed by atoms with Crippen LogP contribution in [0, 0.1) is 17.8 Å². The summed E-state index contributed by atoms with van der Waals surface area (Å²) >= 11 is 0. The van der Waals surface area contributed by atoms with Gasteiger partial charge in [0.1, 0.15) is 0 Å². The van der Waals surface area contributed by atoms with Crippen molar-refractivity contribution in [2.75, 3.05) is 0 Å². The Bertz CT molecular complexity index is 149. The fourth-order valence-electron chi connectivity index (χ4n) is 2.67. The zero-order valence-electron chi connectivity index (χ0n) is 8.93. The van der Waals surface area contributed by atoms with Crippen molar-refractivity contribution in [2.24, 2.45) is 23.5 Å². The van der Waals surface area contributed by atoms with E-state index in [0.717, 1.165) is 17.8 Å². The molecule has 0 spiro atoms. The Morgan fingerprint density at radius 2 is 1.92 bits per heavy atom. The van der Waals surface area contributed by atoms with Gasteiger partial charge in [0, 0.05) is 5.54 Å². The second kappa shape index (κ2) is 3.37. The van der Waals surface area contributed by atoms with E-state index < -0.39 is 0 Å². The largest absolute Gasteiger partial charge is 0.325 e. The van der Waals surface area contributed by atoms with E-state index in [2.05, 4.69) is 27.7 Å². The van der Waals surface area contributed by atoms with Gasteiger partial charge in [-0.05, 0) is 43.9 Å². The zero-order chi connectivity index (χ0) is 9.35. The average molecular weight is 169 g/mol. The number of nitrogens with two attached hydrogens (primary N) is 1. The second-order valence-electron chi connectivity index (χ2n) is 5.41. The summed E-state index contributed by atoms with van der Waals surface area (Å²) in [6.07, 6.45) is 3.80. The third-order valence-corrected chi connectivity index (χ3v) is 3.19. The molecular formula is C11H23N. The van der Waals surface area contributed by atoms with Crippen LogP contribution < -0.4 is 5.73 Å². The van der Waals surface area contributed by atoms with Crippen LogP contribution in [-0.4, -0.2) is 5.54 Å². The molecule has 0 radical (unpaired) electrons. The van der Waals surface area contributed by atoms with Crippen molar-refractivity contribution in [3.8, 4) is 0 Å². The van der Waals surface area contributed by atoms with Gasteiger partial charge >= 0.3 is 0 Å². The van der Waals surface area contributed by atoms with Gasteiger partial charge in [-0.2, -0.15) is 0 Å². The maximum atomic E-state index is 6.20. The smallest absolute Gasteiger partial charge is 0.0131 e. The highest BCUT2D eigenvalue weighted by atomic mass is 14.7. The van der Waals surface area contributed by atoms with Crippen LogP contribution in [-0.2, 0) is 0 Å². The van der Waals surface area contributed by atoms with Crippen molar-refractivity contribution in [1.82, 2.24) is 0 Å². The highest BCUT2D eigenvalue weighted by Gasteiger charge is 2.33. The summed E-state index contributed by atoms with van der Waals surface area (Å²) in [4.78, 5) is 0. The Morgan fingerprint density at radius 3 is 2.33 bits per heavy atom. The van der Waals surface area contributed by atoms with Gasteiger partial charge in [0.25, 0.3) is 0 Å². The highest BCUT2D eigenvalue weighted by molar-refractivity contribution is 4.90. The van der Waals surface area contributed by atoms with Gasteiger partial charge in [0.15, 0.2) is 0 Å². The lowest BCUT2D eigenvalue weighted by molar-refractivity contribution is 0.151. The van der Waals surface area contributed by atoms with Crippen molar-refractivity contribution in [2.45, 2.75) is 52.5 Å². The van der Waals surface area contributed by atoms with E-state index >= 15 is 0 Å². The molecule has 3 atom stereocenters. The summed E-state index contributed by atoms with van der Waals surface area (Å²) in [6.45, 7) is 9.18. The van der Waals surface area contributed by atoms with Crippen LogP contribution in [0.4, 0.5) is 0 Å². The SMILES string of the molecule is CC1C[C@@H](C(C)C)C[C@@](C)(N)C1. The van der Waals surface area contributed by atoms with Gasteiger partial charge in [-0.15, -0.1) is 0 Å². The van der Waals surface area contributed by atoms with Gasteiger partial charge in [0.05, 0.1) is 0 Å². The summed E-state index contributed by atoms with van der Waals surface area (Å²) < 4.78 is 0. The molecule has 1 aliphatic rings. The maximum absolute atomic E-state index is 6.20. The molecule has 0 heterocycles. The first-order valence-electron chi connectivity index (χ1n) is 5.19. The van der Waals surface area contributed by atoms with E-state index in [1.807, 2.05) is 0 Å². The quantitative estimate of drug-likeness (QED) is 0.642. The molecule has 1 nitrogen and oxygen atoms in total. The first kappa shape index (κ1) is 10.0. The molecule has 0 aromatic rings. The van der Waals surface area contributed by atoms with Crippen molar-refractivity contribution in [3.63, 3.8) is 0 Å². The van der Waals surface area contributed by atoms with Gasteiger partial charge in [0.2, 0.25) is 0 Å². The number of hydrogen-bond acceptors (Lipinski definition) is 1. The summed E-state index contributed by atoms with van der Waals surface area (Å²) in [5.74, 6) is 2.47. The van der Waals surface area contributed by atoms with Crippen LogP contribution >= 0.6 is 0 Å². The van der Waals surface area contributed by atoms with Gasteiger partial charge < -0.3 is 5.73 Å². The minimum atomic E-state index is 0.104. The molecule has 0 bridgehead atoms. The van der Waals surface area contributed by atoms with E-state index in [4.69, 9.17) is 5.73 Å². The van der Waals surface area contributed by atoms with Crippen molar-refractivity contribution >= 4 is 0 Å². The third kappa shape index (κ3) is 2.48. The minimum Gasteiger partial charge on any atom is -0.325 e. The Kier molecular flexibility index (Phi) is 2.82. The van der Waals surface area contributed by atoms with E-state index in [0.29, 0.717) is 0 Å². The highest BCUT2D eigenvalue weighted by Crippen LogP contribution is 2.37. The molecule has 12 heavy (non-hydrogen) atoms. The molecular weight excluding hydrogens is 146 g/mol. The van der Waals surface area contributed by atoms with Crippen molar-refractivity contribution < 1.29 is 0 Å². The third-order valence-electron chi connectivity index (χ3n) is 3.19. The predicted molar refractivity (Wildman–Crippen MR) is 53.9 cm³/mol. The average Bonchev–Trinajstić information content (AvgIpc) is 1.82. The molecule has 0 saturated heterocycles. The fraction of sp³-hybridized carbons (Fsp3) is 1.00. The molecule has 0 amide bonds. The fourth-order valence-corrected chi connectivity index (χ4v) is 2.67. The molecule has 1 saturated carbocycles.